The van der Waals surface area contributed by atoms with Gasteiger partial charge in [0.25, 0.3) is 0 Å². The van der Waals surface area contributed by atoms with E-state index in [1.54, 1.807) is 0 Å². The number of hydrogen-bond acceptors (Lipinski definition) is 3. The highest BCUT2D eigenvalue weighted by Crippen LogP contribution is 2.22. The van der Waals surface area contributed by atoms with E-state index in [0.29, 0.717) is 6.10 Å². The molecule has 1 aliphatic heterocycles. The quantitative estimate of drug-likeness (QED) is 0.782. The summed E-state index contributed by atoms with van der Waals surface area (Å²) in [6, 6.07) is 4.11. The molecule has 0 amide bonds. The summed E-state index contributed by atoms with van der Waals surface area (Å²) in [4.78, 5) is 6.82. The van der Waals surface area contributed by atoms with Gasteiger partial charge in [-0.15, -0.1) is 0 Å². The maximum Gasteiger partial charge on any atom is 0.132 e. The minimum absolute atomic E-state index is 0.375. The highest BCUT2D eigenvalue weighted by atomic mass is 79.9. The Kier molecular flexibility index (Phi) is 4.80. The highest BCUT2D eigenvalue weighted by Gasteiger charge is 2.20. The van der Waals surface area contributed by atoms with Crippen molar-refractivity contribution in [2.24, 2.45) is 0 Å². The summed E-state index contributed by atoms with van der Waals surface area (Å²) in [5.41, 5.74) is 1.24. The summed E-state index contributed by atoms with van der Waals surface area (Å²) in [5.74, 6) is 1.09. The van der Waals surface area contributed by atoms with E-state index >= 15 is 0 Å². The molecule has 0 aliphatic carbocycles. The summed E-state index contributed by atoms with van der Waals surface area (Å²) in [5, 5.41) is 0.845. The van der Waals surface area contributed by atoms with Gasteiger partial charge in [-0.25, -0.2) is 4.98 Å². The van der Waals surface area contributed by atoms with Gasteiger partial charge in [0.05, 0.1) is 6.10 Å². The molecule has 0 bridgehead atoms. The third-order valence-electron chi connectivity index (χ3n) is 3.14. The van der Waals surface area contributed by atoms with Crippen molar-refractivity contribution in [3.8, 4) is 0 Å². The molecule has 4 heteroatoms. The summed E-state index contributed by atoms with van der Waals surface area (Å²) in [6.45, 7) is 5.00. The van der Waals surface area contributed by atoms with Gasteiger partial charge in [0.15, 0.2) is 0 Å². The van der Waals surface area contributed by atoms with Crippen molar-refractivity contribution in [2.45, 2.75) is 31.2 Å². The van der Waals surface area contributed by atoms with Crippen LogP contribution < -0.4 is 4.90 Å². The van der Waals surface area contributed by atoms with Crippen LogP contribution in [0.4, 0.5) is 5.82 Å². The van der Waals surface area contributed by atoms with Gasteiger partial charge in [-0.3, -0.25) is 0 Å². The van der Waals surface area contributed by atoms with Gasteiger partial charge in [0.1, 0.15) is 5.82 Å². The molecule has 2 heterocycles. The zero-order valence-electron chi connectivity index (χ0n) is 10.2. The highest BCUT2D eigenvalue weighted by molar-refractivity contribution is 9.08. The van der Waals surface area contributed by atoms with Crippen molar-refractivity contribution in [1.29, 1.82) is 0 Å². The Morgan fingerprint density at radius 3 is 3.12 bits per heavy atom. The van der Waals surface area contributed by atoms with E-state index in [1.807, 2.05) is 12.3 Å². The second-order valence-electron chi connectivity index (χ2n) is 4.29. The average Bonchev–Trinajstić information content (AvgIpc) is 2.89. The second-order valence-corrected chi connectivity index (χ2v) is 4.85. The zero-order chi connectivity index (χ0) is 12.1. The third-order valence-corrected chi connectivity index (χ3v) is 3.74. The Labute approximate surface area is 111 Å². The van der Waals surface area contributed by atoms with E-state index in [4.69, 9.17) is 4.74 Å². The van der Waals surface area contributed by atoms with Crippen LogP contribution in [0.3, 0.4) is 0 Å². The van der Waals surface area contributed by atoms with Crippen molar-refractivity contribution < 1.29 is 4.74 Å². The molecule has 3 nitrogen and oxygen atoms in total. The number of halogens is 1. The first kappa shape index (κ1) is 12.8. The molecule has 1 aromatic rings. The van der Waals surface area contributed by atoms with Crippen LogP contribution in [-0.2, 0) is 10.1 Å². The number of nitrogens with zero attached hydrogens (tertiary/aromatic N) is 2. The Hall–Kier alpha value is -0.610. The van der Waals surface area contributed by atoms with Crippen LogP contribution in [0.1, 0.15) is 25.3 Å². The molecule has 1 aliphatic rings. The van der Waals surface area contributed by atoms with Crippen molar-refractivity contribution >= 4 is 21.7 Å². The smallest absolute Gasteiger partial charge is 0.132 e. The molecular weight excluding hydrogens is 280 g/mol. The number of rotatable bonds is 5. The average molecular weight is 299 g/mol. The molecule has 1 fully saturated rings. The fourth-order valence-electron chi connectivity index (χ4n) is 2.22. The fourth-order valence-corrected chi connectivity index (χ4v) is 2.66. The van der Waals surface area contributed by atoms with Crippen LogP contribution in [0.25, 0.3) is 0 Å². The van der Waals surface area contributed by atoms with Gasteiger partial charge in [-0.1, -0.05) is 22.0 Å². The number of hydrogen-bond donors (Lipinski definition) is 0. The summed E-state index contributed by atoms with van der Waals surface area (Å²) in [7, 11) is 0. The lowest BCUT2D eigenvalue weighted by Gasteiger charge is -2.26. The molecule has 0 saturated carbocycles. The maximum atomic E-state index is 5.70. The summed E-state index contributed by atoms with van der Waals surface area (Å²) >= 11 is 3.52. The summed E-state index contributed by atoms with van der Waals surface area (Å²) < 4.78 is 5.70. The topological polar surface area (TPSA) is 25.4 Å². The van der Waals surface area contributed by atoms with E-state index in [0.717, 1.165) is 30.8 Å². The molecule has 0 radical (unpaired) electrons. The molecule has 17 heavy (non-hydrogen) atoms. The minimum Gasteiger partial charge on any atom is -0.376 e. The van der Waals surface area contributed by atoms with Gasteiger partial charge in [0.2, 0.25) is 0 Å². The Bertz CT molecular complexity index is 353. The van der Waals surface area contributed by atoms with Crippen LogP contribution in [0.2, 0.25) is 0 Å². The van der Waals surface area contributed by atoms with E-state index in [-0.39, 0.29) is 0 Å². The number of ether oxygens (including phenoxy) is 1. The first-order valence-corrected chi connectivity index (χ1v) is 7.33. The van der Waals surface area contributed by atoms with Gasteiger partial charge in [0, 0.05) is 36.8 Å². The first-order valence-electron chi connectivity index (χ1n) is 6.21. The Morgan fingerprint density at radius 1 is 1.59 bits per heavy atom. The fraction of sp³-hybridized carbons (Fsp3) is 0.615. The lowest BCUT2D eigenvalue weighted by Crippen LogP contribution is -2.33. The maximum absolute atomic E-state index is 5.70. The molecule has 1 unspecified atom stereocenters. The van der Waals surface area contributed by atoms with E-state index in [9.17, 15) is 0 Å². The molecule has 1 atom stereocenters. The molecule has 0 aromatic carbocycles. The van der Waals surface area contributed by atoms with Gasteiger partial charge >= 0.3 is 0 Å². The van der Waals surface area contributed by atoms with Crippen molar-refractivity contribution in [3.63, 3.8) is 0 Å². The van der Waals surface area contributed by atoms with Crippen LogP contribution in [0.15, 0.2) is 18.3 Å². The number of anilines is 1. The first-order chi connectivity index (χ1) is 8.35. The van der Waals surface area contributed by atoms with Gasteiger partial charge in [-0.05, 0) is 25.8 Å². The predicted octanol–water partition coefficient (Wildman–Crippen LogP) is 2.98. The van der Waals surface area contributed by atoms with Crippen LogP contribution >= 0.6 is 15.9 Å². The molecular formula is C13H19BrN2O. The molecule has 1 saturated heterocycles. The summed E-state index contributed by atoms with van der Waals surface area (Å²) in [6.07, 6.45) is 4.60. The SMILES string of the molecule is CCN(CC1CCCO1)c1ncccc1CBr. The van der Waals surface area contributed by atoms with Crippen LogP contribution in [0, 0.1) is 0 Å². The van der Waals surface area contributed by atoms with E-state index in [1.165, 1.54) is 18.4 Å². The minimum atomic E-state index is 0.375. The number of alkyl halides is 1. The largest absolute Gasteiger partial charge is 0.376 e. The normalized spacial score (nSPS) is 19.5. The molecule has 94 valence electrons. The standard InChI is InChI=1S/C13H19BrN2O/c1-2-16(10-12-6-4-8-17-12)13-11(9-14)5-3-7-15-13/h3,5,7,12H,2,4,6,8-10H2,1H3. The number of likely N-dealkylation sites (N-methyl/N-ethyl adjacent to an activating group) is 1. The van der Waals surface area contributed by atoms with Crippen LogP contribution in [0.5, 0.6) is 0 Å². The van der Waals surface area contributed by atoms with E-state index < -0.39 is 0 Å². The van der Waals surface area contributed by atoms with Crippen molar-refractivity contribution in [1.82, 2.24) is 4.98 Å². The zero-order valence-corrected chi connectivity index (χ0v) is 11.8. The van der Waals surface area contributed by atoms with Crippen molar-refractivity contribution in [3.05, 3.63) is 23.9 Å². The molecule has 2 rings (SSSR count). The monoisotopic (exact) mass is 298 g/mol. The lowest BCUT2D eigenvalue weighted by molar-refractivity contribution is 0.115. The van der Waals surface area contributed by atoms with Crippen molar-refractivity contribution in [2.75, 3.05) is 24.6 Å². The lowest BCUT2D eigenvalue weighted by atomic mass is 10.2. The number of aromatic nitrogens is 1. The molecule has 1 aromatic heterocycles. The van der Waals surface area contributed by atoms with Gasteiger partial charge in [-0.2, -0.15) is 0 Å². The Balaban J connectivity index is 2.10. The van der Waals surface area contributed by atoms with Crippen LogP contribution in [-0.4, -0.2) is 30.8 Å². The number of pyridine rings is 1. The molecule has 0 N–H and O–H groups in total. The van der Waals surface area contributed by atoms with E-state index in [2.05, 4.69) is 38.8 Å². The third kappa shape index (κ3) is 3.19. The second kappa shape index (κ2) is 6.36. The Morgan fingerprint density at radius 2 is 2.47 bits per heavy atom. The van der Waals surface area contributed by atoms with Gasteiger partial charge < -0.3 is 9.64 Å². The predicted molar refractivity (Wildman–Crippen MR) is 73.7 cm³/mol. The molecule has 0 spiro atoms.